The van der Waals surface area contributed by atoms with E-state index in [1.807, 2.05) is 53.4 Å². The van der Waals surface area contributed by atoms with E-state index in [0.29, 0.717) is 23.7 Å². The molecule has 0 unspecified atom stereocenters. The van der Waals surface area contributed by atoms with E-state index in [1.54, 1.807) is 24.6 Å². The molecule has 0 radical (unpaired) electrons. The van der Waals surface area contributed by atoms with Crippen LogP contribution in [-0.4, -0.2) is 32.2 Å². The first kappa shape index (κ1) is 18.8. The molecular formula is C21H18N4O3S2. The van der Waals surface area contributed by atoms with E-state index in [-0.39, 0.29) is 10.9 Å². The number of sulfonamides is 1. The molecule has 30 heavy (non-hydrogen) atoms. The van der Waals surface area contributed by atoms with Gasteiger partial charge in [-0.15, -0.1) is 11.3 Å². The van der Waals surface area contributed by atoms with E-state index < -0.39 is 10.0 Å². The molecule has 1 aliphatic rings. The smallest absolute Gasteiger partial charge is 0.276 e. The summed E-state index contributed by atoms with van der Waals surface area (Å²) in [5, 5.41) is 1.75. The van der Waals surface area contributed by atoms with Gasteiger partial charge in [-0.2, -0.15) is 0 Å². The van der Waals surface area contributed by atoms with Crippen molar-refractivity contribution in [3.8, 4) is 5.75 Å². The zero-order valence-corrected chi connectivity index (χ0v) is 17.7. The average molecular weight is 439 g/mol. The molecule has 152 valence electrons. The van der Waals surface area contributed by atoms with Gasteiger partial charge in [0, 0.05) is 12.1 Å². The summed E-state index contributed by atoms with van der Waals surface area (Å²) >= 11 is 1.19. The number of benzene rings is 2. The molecule has 3 heterocycles. The maximum absolute atomic E-state index is 13.3. The van der Waals surface area contributed by atoms with Gasteiger partial charge in [0.2, 0.25) is 0 Å². The Bertz CT molecular complexity index is 1320. The van der Waals surface area contributed by atoms with Crippen LogP contribution in [0.25, 0.3) is 11.0 Å². The van der Waals surface area contributed by atoms with Crippen molar-refractivity contribution in [3.63, 3.8) is 0 Å². The Kier molecular flexibility index (Phi) is 4.56. The van der Waals surface area contributed by atoms with E-state index in [2.05, 4.69) is 4.98 Å². The first-order valence-corrected chi connectivity index (χ1v) is 11.6. The normalized spacial score (nSPS) is 13.6. The molecule has 0 saturated carbocycles. The predicted molar refractivity (Wildman–Crippen MR) is 118 cm³/mol. The molecular weight excluding hydrogens is 420 g/mol. The maximum Gasteiger partial charge on any atom is 0.276 e. The largest absolute Gasteiger partial charge is 0.496 e. The first-order chi connectivity index (χ1) is 14.6. The van der Waals surface area contributed by atoms with Crippen molar-refractivity contribution in [2.24, 2.45) is 0 Å². The summed E-state index contributed by atoms with van der Waals surface area (Å²) in [5.41, 5.74) is 2.31. The fourth-order valence-electron chi connectivity index (χ4n) is 3.52. The standard InChI is InChI=1S/C21H18N4O3S2/c1-28-18-10-5-2-7-15(18)13-24-14-25(30(26,27)19-11-6-12-29-19)21-20(24)22-16-8-3-4-9-17(16)23-21/h2-12H,13-14H2,1H3. The predicted octanol–water partition coefficient (Wildman–Crippen LogP) is 3.87. The van der Waals surface area contributed by atoms with Crippen LogP contribution in [0.5, 0.6) is 5.75 Å². The van der Waals surface area contributed by atoms with Crippen LogP contribution in [0.4, 0.5) is 11.6 Å². The van der Waals surface area contributed by atoms with Gasteiger partial charge in [0.25, 0.3) is 10.0 Å². The highest BCUT2D eigenvalue weighted by atomic mass is 32.2. The fourth-order valence-corrected chi connectivity index (χ4v) is 6.00. The van der Waals surface area contributed by atoms with E-state index in [1.165, 1.54) is 15.6 Å². The van der Waals surface area contributed by atoms with Gasteiger partial charge >= 0.3 is 0 Å². The zero-order chi connectivity index (χ0) is 20.7. The summed E-state index contributed by atoms with van der Waals surface area (Å²) in [5.74, 6) is 1.63. The molecule has 2 aromatic carbocycles. The minimum atomic E-state index is -3.74. The lowest BCUT2D eigenvalue weighted by atomic mass is 10.2. The molecule has 0 amide bonds. The van der Waals surface area contributed by atoms with Crippen LogP contribution in [0.3, 0.4) is 0 Å². The van der Waals surface area contributed by atoms with Crippen LogP contribution >= 0.6 is 11.3 Å². The minimum absolute atomic E-state index is 0.129. The lowest BCUT2D eigenvalue weighted by Gasteiger charge is -2.21. The molecule has 2 aromatic heterocycles. The summed E-state index contributed by atoms with van der Waals surface area (Å²) in [7, 11) is -2.12. The van der Waals surface area contributed by atoms with Crippen LogP contribution in [0.2, 0.25) is 0 Å². The SMILES string of the molecule is COc1ccccc1CN1CN(S(=O)(=O)c2cccs2)c2nc3ccccc3nc21. The van der Waals surface area contributed by atoms with Gasteiger partial charge in [-0.3, -0.25) is 0 Å². The van der Waals surface area contributed by atoms with Crippen LogP contribution in [0, 0.1) is 0 Å². The molecule has 7 nitrogen and oxygen atoms in total. The Balaban J connectivity index is 1.63. The summed E-state index contributed by atoms with van der Waals surface area (Å²) < 4.78 is 33.8. The molecule has 0 saturated heterocycles. The average Bonchev–Trinajstić information content (AvgIpc) is 3.42. The third-order valence-corrected chi connectivity index (χ3v) is 8.06. The number of fused-ring (bicyclic) bond motifs is 2. The number of methoxy groups -OCH3 is 1. The Morgan fingerprint density at radius 3 is 2.37 bits per heavy atom. The first-order valence-electron chi connectivity index (χ1n) is 9.28. The number of hydrogen-bond donors (Lipinski definition) is 0. The maximum atomic E-state index is 13.3. The Morgan fingerprint density at radius 2 is 1.67 bits per heavy atom. The van der Waals surface area contributed by atoms with E-state index in [4.69, 9.17) is 9.72 Å². The molecule has 0 N–H and O–H groups in total. The lowest BCUT2D eigenvalue weighted by molar-refractivity contribution is 0.409. The molecule has 9 heteroatoms. The van der Waals surface area contributed by atoms with Crippen LogP contribution in [-0.2, 0) is 16.6 Å². The molecule has 4 aromatic rings. The lowest BCUT2D eigenvalue weighted by Crippen LogP contribution is -2.35. The molecule has 1 aliphatic heterocycles. The molecule has 0 atom stereocenters. The fraction of sp³-hybridized carbons (Fsp3) is 0.143. The second kappa shape index (κ2) is 7.26. The highest BCUT2D eigenvalue weighted by Gasteiger charge is 2.38. The number of anilines is 2. The Hall–Kier alpha value is -3.17. The number of ether oxygens (including phenoxy) is 1. The highest BCUT2D eigenvalue weighted by molar-refractivity contribution is 7.94. The number of hydrogen-bond acceptors (Lipinski definition) is 7. The summed E-state index contributed by atoms with van der Waals surface area (Å²) in [4.78, 5) is 11.3. The Morgan fingerprint density at radius 1 is 0.967 bits per heavy atom. The van der Waals surface area contributed by atoms with Crippen molar-refractivity contribution in [1.82, 2.24) is 9.97 Å². The van der Waals surface area contributed by atoms with Crippen molar-refractivity contribution in [3.05, 3.63) is 71.6 Å². The van der Waals surface area contributed by atoms with E-state index in [9.17, 15) is 8.42 Å². The topological polar surface area (TPSA) is 75.6 Å². The quantitative estimate of drug-likeness (QED) is 0.471. The number of thiophene rings is 1. The van der Waals surface area contributed by atoms with Crippen LogP contribution < -0.4 is 13.9 Å². The van der Waals surface area contributed by atoms with Gasteiger partial charge in [0.15, 0.2) is 11.6 Å². The van der Waals surface area contributed by atoms with Crippen LogP contribution in [0.1, 0.15) is 5.56 Å². The van der Waals surface area contributed by atoms with Gasteiger partial charge < -0.3 is 9.64 Å². The van der Waals surface area contributed by atoms with Gasteiger partial charge in [0.1, 0.15) is 16.6 Å². The van der Waals surface area contributed by atoms with Crippen molar-refractivity contribution in [1.29, 1.82) is 0 Å². The second-order valence-corrected chi connectivity index (χ2v) is 9.83. The Labute approximate surface area is 178 Å². The number of aromatic nitrogens is 2. The summed E-state index contributed by atoms with van der Waals surface area (Å²) in [6, 6.07) is 18.5. The zero-order valence-electron chi connectivity index (χ0n) is 16.1. The molecule has 0 bridgehead atoms. The van der Waals surface area contributed by atoms with Crippen LogP contribution in [0.15, 0.2) is 70.3 Å². The van der Waals surface area contributed by atoms with Crippen molar-refractivity contribution < 1.29 is 13.2 Å². The van der Waals surface area contributed by atoms with E-state index in [0.717, 1.165) is 16.8 Å². The number of para-hydroxylation sites is 3. The minimum Gasteiger partial charge on any atom is -0.496 e. The number of rotatable bonds is 5. The monoisotopic (exact) mass is 438 g/mol. The van der Waals surface area contributed by atoms with Gasteiger partial charge in [-0.1, -0.05) is 36.4 Å². The summed E-state index contributed by atoms with van der Waals surface area (Å²) in [6.45, 7) is 0.574. The molecule has 0 aliphatic carbocycles. The third kappa shape index (κ3) is 3.06. The van der Waals surface area contributed by atoms with Crippen molar-refractivity contribution in [2.75, 3.05) is 23.0 Å². The van der Waals surface area contributed by atoms with Gasteiger partial charge in [0.05, 0.1) is 18.1 Å². The molecule has 5 rings (SSSR count). The summed E-state index contributed by atoms with van der Waals surface area (Å²) in [6.07, 6.45) is 0. The van der Waals surface area contributed by atoms with Crippen molar-refractivity contribution in [2.45, 2.75) is 10.8 Å². The van der Waals surface area contributed by atoms with Gasteiger partial charge in [-0.05, 0) is 29.6 Å². The molecule has 0 fully saturated rings. The number of nitrogens with zero attached hydrogens (tertiary/aromatic N) is 4. The third-order valence-electron chi connectivity index (χ3n) is 4.96. The van der Waals surface area contributed by atoms with Crippen molar-refractivity contribution >= 4 is 44.0 Å². The highest BCUT2D eigenvalue weighted by Crippen LogP contribution is 2.39. The molecule has 0 spiro atoms. The van der Waals surface area contributed by atoms with E-state index >= 15 is 0 Å². The van der Waals surface area contributed by atoms with Gasteiger partial charge in [-0.25, -0.2) is 22.7 Å². The second-order valence-electron chi connectivity index (χ2n) is 6.80.